The molecule has 1 fully saturated rings. The molecule has 0 bridgehead atoms. The monoisotopic (exact) mass is 225 g/mol. The fourth-order valence-electron chi connectivity index (χ4n) is 1.41. The first-order valence-corrected chi connectivity index (χ1v) is 6.25. The van der Waals surface area contributed by atoms with Crippen LogP contribution in [0, 0.1) is 4.78 Å². The SMILES string of the molecule is N=S(=O)(c1cccc(C(=O)O)c1)C1CC1. The van der Waals surface area contributed by atoms with E-state index < -0.39 is 15.7 Å². The molecule has 1 aromatic carbocycles. The highest BCUT2D eigenvalue weighted by Gasteiger charge is 2.33. The van der Waals surface area contributed by atoms with E-state index in [2.05, 4.69) is 0 Å². The van der Waals surface area contributed by atoms with Gasteiger partial charge in [-0.2, -0.15) is 0 Å². The molecule has 1 atom stereocenters. The number of carboxylic acid groups (broad SMARTS) is 1. The maximum atomic E-state index is 12.0. The Labute approximate surface area is 87.9 Å². The van der Waals surface area contributed by atoms with Gasteiger partial charge in [-0.25, -0.2) is 13.8 Å². The van der Waals surface area contributed by atoms with Gasteiger partial charge >= 0.3 is 5.97 Å². The van der Waals surface area contributed by atoms with E-state index in [1.807, 2.05) is 0 Å². The molecule has 0 aliphatic heterocycles. The number of benzene rings is 1. The Hall–Kier alpha value is -1.36. The van der Waals surface area contributed by atoms with Crippen molar-refractivity contribution in [2.24, 2.45) is 0 Å². The summed E-state index contributed by atoms with van der Waals surface area (Å²) in [5.74, 6) is -1.05. The molecular formula is C10H11NO3S. The maximum Gasteiger partial charge on any atom is 0.335 e. The predicted octanol–water partition coefficient (Wildman–Crippen LogP) is 1.95. The van der Waals surface area contributed by atoms with E-state index in [1.54, 1.807) is 6.07 Å². The third-order valence-corrected chi connectivity index (χ3v) is 4.79. The van der Waals surface area contributed by atoms with Crippen molar-refractivity contribution in [3.05, 3.63) is 29.8 Å². The van der Waals surface area contributed by atoms with Crippen LogP contribution in [0.25, 0.3) is 0 Å². The lowest BCUT2D eigenvalue weighted by Gasteiger charge is -2.06. The number of carboxylic acids is 1. The minimum absolute atomic E-state index is 0.0819. The Bertz CT molecular complexity index is 503. The number of aromatic carboxylic acids is 1. The Balaban J connectivity index is 2.45. The molecule has 4 nitrogen and oxygen atoms in total. The van der Waals surface area contributed by atoms with Crippen molar-refractivity contribution in [1.29, 1.82) is 4.78 Å². The second-order valence-corrected chi connectivity index (χ2v) is 5.97. The number of carbonyl (C=O) groups is 1. The average molecular weight is 225 g/mol. The van der Waals surface area contributed by atoms with Crippen LogP contribution < -0.4 is 0 Å². The highest BCUT2D eigenvalue weighted by Crippen LogP contribution is 2.34. The van der Waals surface area contributed by atoms with Crippen LogP contribution in [0.5, 0.6) is 0 Å². The Kier molecular flexibility index (Phi) is 2.26. The van der Waals surface area contributed by atoms with Gasteiger partial charge < -0.3 is 5.11 Å². The van der Waals surface area contributed by atoms with Crippen LogP contribution in [0.2, 0.25) is 0 Å². The summed E-state index contributed by atoms with van der Waals surface area (Å²) in [6.45, 7) is 0. The lowest BCUT2D eigenvalue weighted by atomic mass is 10.2. The zero-order chi connectivity index (χ0) is 11.1. The zero-order valence-electron chi connectivity index (χ0n) is 7.97. The largest absolute Gasteiger partial charge is 0.478 e. The molecule has 1 aromatic rings. The van der Waals surface area contributed by atoms with Gasteiger partial charge in [-0.3, -0.25) is 0 Å². The van der Waals surface area contributed by atoms with Gasteiger partial charge in [0, 0.05) is 10.1 Å². The smallest absolute Gasteiger partial charge is 0.335 e. The normalized spacial score (nSPS) is 19.5. The van der Waals surface area contributed by atoms with Gasteiger partial charge in [-0.15, -0.1) is 0 Å². The lowest BCUT2D eigenvalue weighted by Crippen LogP contribution is -2.06. The Morgan fingerprint density at radius 2 is 2.13 bits per heavy atom. The van der Waals surface area contributed by atoms with Gasteiger partial charge in [-0.1, -0.05) is 6.07 Å². The fourth-order valence-corrected chi connectivity index (χ4v) is 3.18. The average Bonchev–Trinajstić information content (AvgIpc) is 3.01. The molecule has 0 amide bonds. The van der Waals surface area contributed by atoms with Crippen LogP contribution in [-0.2, 0) is 9.73 Å². The van der Waals surface area contributed by atoms with Crippen LogP contribution in [-0.4, -0.2) is 20.5 Å². The molecule has 1 aliphatic rings. The maximum absolute atomic E-state index is 12.0. The molecule has 1 aliphatic carbocycles. The van der Waals surface area contributed by atoms with E-state index in [9.17, 15) is 9.00 Å². The number of nitrogens with one attached hydrogen (secondary N) is 1. The van der Waals surface area contributed by atoms with Crippen molar-refractivity contribution in [3.8, 4) is 0 Å². The number of rotatable bonds is 3. The molecule has 1 unspecified atom stereocenters. The molecule has 1 saturated carbocycles. The van der Waals surface area contributed by atoms with E-state index in [-0.39, 0.29) is 10.8 Å². The first-order valence-electron chi connectivity index (χ1n) is 4.63. The summed E-state index contributed by atoms with van der Waals surface area (Å²) in [5.41, 5.74) is 0.0909. The molecule has 15 heavy (non-hydrogen) atoms. The number of hydrogen-bond donors (Lipinski definition) is 2. The molecule has 0 saturated heterocycles. The van der Waals surface area contributed by atoms with E-state index in [4.69, 9.17) is 9.89 Å². The second kappa shape index (κ2) is 3.34. The van der Waals surface area contributed by atoms with E-state index in [0.29, 0.717) is 4.90 Å². The van der Waals surface area contributed by atoms with Crippen LogP contribution in [0.15, 0.2) is 29.2 Å². The van der Waals surface area contributed by atoms with Crippen molar-refractivity contribution < 1.29 is 14.1 Å². The molecule has 5 heteroatoms. The molecule has 0 heterocycles. The molecule has 0 aromatic heterocycles. The topological polar surface area (TPSA) is 78.2 Å². The summed E-state index contributed by atoms with van der Waals surface area (Å²) in [5, 5.41) is 8.69. The standard InChI is InChI=1S/C10H11NO3S/c11-15(14,8-4-5-8)9-3-1-2-7(6-9)10(12)13/h1-3,6,8,11H,4-5H2,(H,12,13). The summed E-state index contributed by atoms with van der Waals surface area (Å²) in [7, 11) is -2.79. The Morgan fingerprint density at radius 1 is 1.47 bits per heavy atom. The highest BCUT2D eigenvalue weighted by molar-refractivity contribution is 7.93. The van der Waals surface area contributed by atoms with Crippen molar-refractivity contribution in [2.45, 2.75) is 23.0 Å². The van der Waals surface area contributed by atoms with Crippen LogP contribution in [0.1, 0.15) is 23.2 Å². The van der Waals surface area contributed by atoms with Crippen molar-refractivity contribution >= 4 is 15.7 Å². The van der Waals surface area contributed by atoms with Crippen LogP contribution in [0.3, 0.4) is 0 Å². The minimum atomic E-state index is -2.79. The second-order valence-electron chi connectivity index (χ2n) is 3.63. The van der Waals surface area contributed by atoms with Crippen molar-refractivity contribution in [3.63, 3.8) is 0 Å². The van der Waals surface area contributed by atoms with Gasteiger partial charge in [0.05, 0.1) is 15.3 Å². The first kappa shape index (κ1) is 10.2. The summed E-state index contributed by atoms with van der Waals surface area (Å²) in [4.78, 5) is 11.0. The van der Waals surface area contributed by atoms with Gasteiger partial charge in [0.2, 0.25) is 0 Å². The molecule has 2 rings (SSSR count). The summed E-state index contributed by atoms with van der Waals surface area (Å²) < 4.78 is 19.8. The molecule has 80 valence electrons. The van der Waals surface area contributed by atoms with E-state index >= 15 is 0 Å². The molecule has 0 spiro atoms. The molecular weight excluding hydrogens is 214 g/mol. The summed E-state index contributed by atoms with van der Waals surface area (Å²) in [6, 6.07) is 5.89. The predicted molar refractivity (Wildman–Crippen MR) is 55.6 cm³/mol. The minimum Gasteiger partial charge on any atom is -0.478 e. The third-order valence-electron chi connectivity index (χ3n) is 2.42. The van der Waals surface area contributed by atoms with Gasteiger partial charge in [0.1, 0.15) is 0 Å². The molecule has 2 N–H and O–H groups in total. The first-order chi connectivity index (χ1) is 7.01. The summed E-state index contributed by atoms with van der Waals surface area (Å²) in [6.07, 6.45) is 1.61. The number of hydrogen-bond acceptors (Lipinski definition) is 3. The van der Waals surface area contributed by atoms with Crippen LogP contribution in [0.4, 0.5) is 0 Å². The van der Waals surface area contributed by atoms with Crippen LogP contribution >= 0.6 is 0 Å². The Morgan fingerprint density at radius 3 is 2.67 bits per heavy atom. The zero-order valence-corrected chi connectivity index (χ0v) is 8.79. The van der Waals surface area contributed by atoms with Gasteiger partial charge in [0.15, 0.2) is 0 Å². The van der Waals surface area contributed by atoms with Crippen molar-refractivity contribution in [2.75, 3.05) is 0 Å². The molecule has 0 radical (unpaired) electrons. The van der Waals surface area contributed by atoms with E-state index in [0.717, 1.165) is 12.8 Å². The van der Waals surface area contributed by atoms with Gasteiger partial charge in [0.25, 0.3) is 0 Å². The quantitative estimate of drug-likeness (QED) is 0.825. The lowest BCUT2D eigenvalue weighted by molar-refractivity contribution is 0.0696. The van der Waals surface area contributed by atoms with Crippen molar-refractivity contribution in [1.82, 2.24) is 0 Å². The van der Waals surface area contributed by atoms with Gasteiger partial charge in [-0.05, 0) is 31.0 Å². The summed E-state index contributed by atoms with van der Waals surface area (Å²) >= 11 is 0. The van der Waals surface area contributed by atoms with E-state index in [1.165, 1.54) is 18.2 Å². The fraction of sp³-hybridized carbons (Fsp3) is 0.300. The highest BCUT2D eigenvalue weighted by atomic mass is 32.2. The third kappa shape index (κ3) is 1.87.